The van der Waals surface area contributed by atoms with E-state index in [9.17, 15) is 9.59 Å². The minimum absolute atomic E-state index is 0.0758. The lowest BCUT2D eigenvalue weighted by atomic mass is 10.1. The summed E-state index contributed by atoms with van der Waals surface area (Å²) in [6, 6.07) is 8.89. The molecule has 4 rings (SSSR count). The summed E-state index contributed by atoms with van der Waals surface area (Å²) >= 11 is 12.4. The van der Waals surface area contributed by atoms with Crippen molar-refractivity contribution in [2.45, 2.75) is 32.8 Å². The van der Waals surface area contributed by atoms with E-state index in [2.05, 4.69) is 15.4 Å². The standard InChI is InChI=1S/C23H23Cl2N5O3/c1-14-20(13-27-30(14)18-5-3-16(24)4-6-18)23(32)28-17-11-21(25)22(26-12-17)29-9-7-19(8-10-29)33-15(2)31/h3-6,11-13,19H,7-10H2,1-2H3,(H,28,32). The number of ether oxygens (including phenoxy) is 1. The molecule has 0 atom stereocenters. The van der Waals surface area contributed by atoms with Crippen molar-refractivity contribution in [2.24, 2.45) is 0 Å². The Balaban J connectivity index is 1.43. The number of piperidine rings is 1. The fourth-order valence-electron chi connectivity index (χ4n) is 3.83. The number of nitrogens with zero attached hydrogens (tertiary/aromatic N) is 4. The first kappa shape index (κ1) is 23.1. The molecule has 3 heterocycles. The SMILES string of the molecule is CC(=O)OC1CCN(c2ncc(NC(=O)c3cnn(-c4ccc(Cl)cc4)c3C)cc2Cl)CC1. The molecule has 0 saturated carbocycles. The topological polar surface area (TPSA) is 89.3 Å². The van der Waals surface area contributed by atoms with Crippen molar-refractivity contribution in [3.63, 3.8) is 0 Å². The third-order valence-corrected chi connectivity index (χ3v) is 6.01. The highest BCUT2D eigenvalue weighted by Crippen LogP contribution is 2.29. The first-order valence-electron chi connectivity index (χ1n) is 10.5. The second kappa shape index (κ2) is 9.80. The summed E-state index contributed by atoms with van der Waals surface area (Å²) in [5.74, 6) is 0.0712. The molecule has 1 saturated heterocycles. The summed E-state index contributed by atoms with van der Waals surface area (Å²) in [5.41, 5.74) is 2.43. The van der Waals surface area contributed by atoms with Gasteiger partial charge < -0.3 is 15.0 Å². The molecule has 3 aromatic rings. The maximum Gasteiger partial charge on any atom is 0.302 e. The number of benzene rings is 1. The van der Waals surface area contributed by atoms with Crippen molar-refractivity contribution >= 4 is 46.6 Å². The number of anilines is 2. The van der Waals surface area contributed by atoms with Crippen molar-refractivity contribution in [1.82, 2.24) is 14.8 Å². The summed E-state index contributed by atoms with van der Waals surface area (Å²) in [6.07, 6.45) is 4.46. The van der Waals surface area contributed by atoms with Crippen molar-refractivity contribution in [2.75, 3.05) is 23.3 Å². The molecule has 0 spiro atoms. The molecule has 8 nitrogen and oxygen atoms in total. The van der Waals surface area contributed by atoms with Gasteiger partial charge in [0.15, 0.2) is 0 Å². The smallest absolute Gasteiger partial charge is 0.302 e. The van der Waals surface area contributed by atoms with Gasteiger partial charge in [-0.15, -0.1) is 0 Å². The number of hydrogen-bond acceptors (Lipinski definition) is 6. The Morgan fingerprint density at radius 3 is 2.45 bits per heavy atom. The number of nitrogens with one attached hydrogen (secondary N) is 1. The van der Waals surface area contributed by atoms with Gasteiger partial charge in [-0.3, -0.25) is 9.59 Å². The molecule has 2 aromatic heterocycles. The van der Waals surface area contributed by atoms with E-state index in [4.69, 9.17) is 27.9 Å². The number of amides is 1. The Labute approximate surface area is 201 Å². The van der Waals surface area contributed by atoms with E-state index in [1.165, 1.54) is 13.1 Å². The molecule has 0 aliphatic carbocycles. The van der Waals surface area contributed by atoms with E-state index in [1.807, 2.05) is 24.0 Å². The minimum Gasteiger partial charge on any atom is -0.462 e. The number of rotatable bonds is 5. The highest BCUT2D eigenvalue weighted by Gasteiger charge is 2.24. The molecule has 0 radical (unpaired) electrons. The normalized spacial score (nSPS) is 14.2. The zero-order chi connectivity index (χ0) is 23.5. The first-order valence-corrected chi connectivity index (χ1v) is 11.3. The third-order valence-electron chi connectivity index (χ3n) is 5.48. The van der Waals surface area contributed by atoms with Crippen LogP contribution in [0.2, 0.25) is 10.0 Å². The molecular weight excluding hydrogens is 465 g/mol. The molecule has 33 heavy (non-hydrogen) atoms. The molecule has 1 aliphatic rings. The van der Waals surface area contributed by atoms with Crippen LogP contribution in [0.4, 0.5) is 11.5 Å². The van der Waals surface area contributed by atoms with Gasteiger partial charge >= 0.3 is 5.97 Å². The number of carbonyl (C=O) groups is 2. The lowest BCUT2D eigenvalue weighted by Gasteiger charge is -2.32. The Kier molecular flexibility index (Phi) is 6.85. The third kappa shape index (κ3) is 5.29. The number of aromatic nitrogens is 3. The van der Waals surface area contributed by atoms with E-state index in [1.54, 1.807) is 29.1 Å². The fraction of sp³-hybridized carbons (Fsp3) is 0.304. The van der Waals surface area contributed by atoms with Gasteiger partial charge in [0, 0.05) is 37.9 Å². The molecule has 1 aliphatic heterocycles. The maximum atomic E-state index is 12.8. The van der Waals surface area contributed by atoms with Crippen molar-refractivity contribution in [3.05, 3.63) is 64.0 Å². The Hall–Kier alpha value is -3.10. The van der Waals surface area contributed by atoms with Crippen LogP contribution < -0.4 is 10.2 Å². The summed E-state index contributed by atoms with van der Waals surface area (Å²) in [6.45, 7) is 4.60. The number of carbonyl (C=O) groups excluding carboxylic acids is 2. The molecule has 1 amide bonds. The summed E-state index contributed by atoms with van der Waals surface area (Å²) < 4.78 is 6.96. The predicted octanol–water partition coefficient (Wildman–Crippen LogP) is 4.67. The van der Waals surface area contributed by atoms with Crippen LogP contribution in [-0.4, -0.2) is 45.8 Å². The molecule has 172 valence electrons. The Morgan fingerprint density at radius 1 is 1.12 bits per heavy atom. The van der Waals surface area contributed by atoms with E-state index < -0.39 is 0 Å². The molecule has 1 N–H and O–H groups in total. The Morgan fingerprint density at radius 2 is 1.82 bits per heavy atom. The maximum absolute atomic E-state index is 12.8. The zero-order valence-corrected chi connectivity index (χ0v) is 19.7. The number of pyridine rings is 1. The molecule has 1 fully saturated rings. The van der Waals surface area contributed by atoms with E-state index in [0.717, 1.165) is 5.69 Å². The highest BCUT2D eigenvalue weighted by atomic mass is 35.5. The van der Waals surface area contributed by atoms with Gasteiger partial charge in [-0.1, -0.05) is 23.2 Å². The van der Waals surface area contributed by atoms with Gasteiger partial charge in [0.1, 0.15) is 11.9 Å². The van der Waals surface area contributed by atoms with Gasteiger partial charge in [-0.25, -0.2) is 9.67 Å². The summed E-state index contributed by atoms with van der Waals surface area (Å²) in [7, 11) is 0. The largest absolute Gasteiger partial charge is 0.462 e. The van der Waals surface area contributed by atoms with Crippen LogP contribution in [0, 0.1) is 6.92 Å². The second-order valence-corrected chi connectivity index (χ2v) is 8.65. The quantitative estimate of drug-likeness (QED) is 0.526. The van der Waals surface area contributed by atoms with Crippen molar-refractivity contribution in [1.29, 1.82) is 0 Å². The molecular formula is C23H23Cl2N5O3. The lowest BCUT2D eigenvalue weighted by molar-refractivity contribution is -0.147. The van der Waals surface area contributed by atoms with Gasteiger partial charge in [0.05, 0.1) is 40.0 Å². The number of esters is 1. The minimum atomic E-state index is -0.305. The fourth-order valence-corrected chi connectivity index (χ4v) is 4.24. The summed E-state index contributed by atoms with van der Waals surface area (Å²) in [5, 5.41) is 8.23. The summed E-state index contributed by atoms with van der Waals surface area (Å²) in [4.78, 5) is 30.5. The van der Waals surface area contributed by atoms with Crippen LogP contribution >= 0.6 is 23.2 Å². The Bertz CT molecular complexity index is 1170. The number of hydrogen-bond donors (Lipinski definition) is 1. The van der Waals surface area contributed by atoms with Crippen LogP contribution in [0.5, 0.6) is 0 Å². The van der Waals surface area contributed by atoms with Crippen LogP contribution in [0.3, 0.4) is 0 Å². The zero-order valence-electron chi connectivity index (χ0n) is 18.2. The average Bonchev–Trinajstić information content (AvgIpc) is 3.16. The predicted molar refractivity (Wildman–Crippen MR) is 128 cm³/mol. The average molecular weight is 488 g/mol. The molecule has 10 heteroatoms. The van der Waals surface area contributed by atoms with Gasteiger partial charge in [-0.05, 0) is 37.3 Å². The lowest BCUT2D eigenvalue weighted by Crippen LogP contribution is -2.38. The number of halogens is 2. The van der Waals surface area contributed by atoms with Crippen molar-refractivity contribution in [3.8, 4) is 5.69 Å². The van der Waals surface area contributed by atoms with Gasteiger partial charge in [0.25, 0.3) is 5.91 Å². The van der Waals surface area contributed by atoms with E-state index in [-0.39, 0.29) is 18.0 Å². The van der Waals surface area contributed by atoms with E-state index in [0.29, 0.717) is 58.7 Å². The van der Waals surface area contributed by atoms with Crippen molar-refractivity contribution < 1.29 is 14.3 Å². The highest BCUT2D eigenvalue weighted by molar-refractivity contribution is 6.33. The van der Waals surface area contributed by atoms with Crippen LogP contribution in [0.25, 0.3) is 5.69 Å². The first-order chi connectivity index (χ1) is 15.8. The molecule has 0 bridgehead atoms. The molecule has 1 aromatic carbocycles. The van der Waals surface area contributed by atoms with Crippen LogP contribution in [0.15, 0.2) is 42.7 Å². The monoisotopic (exact) mass is 487 g/mol. The van der Waals surface area contributed by atoms with E-state index >= 15 is 0 Å². The molecule has 0 unspecified atom stereocenters. The van der Waals surface area contributed by atoms with Gasteiger partial charge in [0.2, 0.25) is 0 Å². The second-order valence-electron chi connectivity index (χ2n) is 7.81. The van der Waals surface area contributed by atoms with Gasteiger partial charge in [-0.2, -0.15) is 5.10 Å². The van der Waals surface area contributed by atoms with Crippen LogP contribution in [0.1, 0.15) is 35.8 Å². The van der Waals surface area contributed by atoms with Crippen LogP contribution in [-0.2, 0) is 9.53 Å².